The molecule has 0 fully saturated rings. The first-order valence-electron chi connectivity index (χ1n) is 44.9. The Labute approximate surface area is 759 Å². The Kier molecular flexibility index (Phi) is 16.9. The van der Waals surface area contributed by atoms with Crippen LogP contribution in [0.25, 0.3) is 83.1 Å². The van der Waals surface area contributed by atoms with Crippen LogP contribution in [-0.4, -0.2) is 4.57 Å². The second-order valence-corrected chi connectivity index (χ2v) is 36.0. The lowest BCUT2D eigenvalue weighted by molar-refractivity contribution is 0.632. The number of rotatable bonds is 7. The summed E-state index contributed by atoms with van der Waals surface area (Å²) in [7, 11) is 0. The third-order valence-corrected chi connectivity index (χ3v) is 29.7. The summed E-state index contributed by atoms with van der Waals surface area (Å²) in [5.74, 6) is 0. The van der Waals surface area contributed by atoms with Crippen LogP contribution in [0.5, 0.6) is 0 Å². The molecule has 1 heterocycles. The van der Waals surface area contributed by atoms with Crippen molar-refractivity contribution in [3.05, 3.63) is 590 Å². The van der Waals surface area contributed by atoms with Crippen LogP contribution in [0.1, 0.15) is 100 Å². The molecule has 0 saturated heterocycles. The Morgan fingerprint density at radius 1 is 0.178 bits per heavy atom. The predicted octanol–water partition coefficient (Wildman–Crippen LogP) is 31.5. The highest BCUT2D eigenvalue weighted by molar-refractivity contribution is 9.10. The molecule has 7 aliphatic carbocycles. The van der Waals surface area contributed by atoms with Gasteiger partial charge in [-0.15, -0.1) is 0 Å². The second kappa shape index (κ2) is 29.2. The number of hydrogen-bond donors (Lipinski definition) is 0. The number of hydrogen-bond acceptors (Lipinski definition) is 2. The molecule has 129 heavy (non-hydrogen) atoms. The molecule has 0 bridgehead atoms. The van der Waals surface area contributed by atoms with Gasteiger partial charge in [-0.1, -0.05) is 380 Å². The van der Waals surface area contributed by atoms with E-state index in [1.54, 1.807) is 0 Å². The minimum atomic E-state index is -0.567. The normalized spacial score (nSPS) is 14.1. The maximum atomic E-state index is 3.49. The van der Waals surface area contributed by atoms with E-state index in [-0.39, 0.29) is 0 Å². The molecule has 0 unspecified atom stereocenters. The van der Waals surface area contributed by atoms with E-state index >= 15 is 0 Å². The Morgan fingerprint density at radius 2 is 0.442 bits per heavy atom. The molecule has 28 rings (SSSR count). The van der Waals surface area contributed by atoms with Crippen molar-refractivity contribution in [2.24, 2.45) is 0 Å². The molecule has 20 aromatic carbocycles. The summed E-state index contributed by atoms with van der Waals surface area (Å²) in [5.41, 5.74) is 46.6. The molecule has 7 aliphatic rings. The molecule has 0 N–H and O–H groups in total. The van der Waals surface area contributed by atoms with E-state index in [1.807, 2.05) is 12.1 Å². The first-order chi connectivity index (χ1) is 63.9. The topological polar surface area (TPSA) is 11.4 Å². The zero-order chi connectivity index (χ0) is 85.1. The Balaban J connectivity index is 0.000000116. The van der Waals surface area contributed by atoms with E-state index in [0.29, 0.717) is 0 Å². The van der Waals surface area contributed by atoms with Crippen molar-refractivity contribution in [3.63, 3.8) is 0 Å². The minimum absolute atomic E-state index is 0.416. The van der Waals surface area contributed by atoms with E-state index < -0.39 is 21.7 Å². The molecule has 3 nitrogen and oxygen atoms in total. The fourth-order valence-corrected chi connectivity index (χ4v) is 24.6. The van der Waals surface area contributed by atoms with Crippen molar-refractivity contribution < 1.29 is 0 Å². The van der Waals surface area contributed by atoms with Gasteiger partial charge < -0.3 is 14.4 Å². The average molecular weight is 1710 g/mol. The summed E-state index contributed by atoms with van der Waals surface area (Å²) in [4.78, 5) is 4.57. The van der Waals surface area contributed by atoms with Gasteiger partial charge >= 0.3 is 0 Å². The summed E-state index contributed by atoms with van der Waals surface area (Å²) in [6.07, 6.45) is 0.972. The number of halogens is 1. The third-order valence-electron chi connectivity index (χ3n) is 29.1. The highest BCUT2D eigenvalue weighted by atomic mass is 79.9. The Morgan fingerprint density at radius 3 is 0.798 bits per heavy atom. The summed E-state index contributed by atoms with van der Waals surface area (Å²) in [6.45, 7) is 0. The van der Waals surface area contributed by atoms with E-state index in [0.717, 1.165) is 50.7 Å². The van der Waals surface area contributed by atoms with Crippen molar-refractivity contribution >= 4 is 71.9 Å². The van der Waals surface area contributed by atoms with Crippen LogP contribution in [0.2, 0.25) is 0 Å². The molecule has 4 spiro atoms. The van der Waals surface area contributed by atoms with Gasteiger partial charge in [0.25, 0.3) is 0 Å². The maximum absolute atomic E-state index is 3.49. The Hall–Kier alpha value is -15.7. The maximum Gasteiger partial charge on any atom is 0.0720 e. The largest absolute Gasteiger partial charge is 0.311 e. The molecule has 604 valence electrons. The number of fused-ring (bicyclic) bond motifs is 38. The summed E-state index contributed by atoms with van der Waals surface area (Å²) < 4.78 is 3.59. The fraction of sp³-hybridized carbons (Fsp3) is 0.0400. The van der Waals surface area contributed by atoms with Gasteiger partial charge in [0.2, 0.25) is 0 Å². The lowest BCUT2D eigenvalue weighted by Gasteiger charge is -2.49. The van der Waals surface area contributed by atoms with Crippen LogP contribution in [-0.2, 0) is 28.1 Å². The van der Waals surface area contributed by atoms with E-state index in [9.17, 15) is 0 Å². The van der Waals surface area contributed by atoms with Gasteiger partial charge in [-0.05, 0) is 284 Å². The predicted molar refractivity (Wildman–Crippen MR) is 535 cm³/mol. The van der Waals surface area contributed by atoms with Gasteiger partial charge in [-0.3, -0.25) is 0 Å². The first kappa shape index (κ1) is 74.7. The molecule has 0 radical (unpaired) electrons. The van der Waals surface area contributed by atoms with E-state index in [1.165, 1.54) is 178 Å². The van der Waals surface area contributed by atoms with Gasteiger partial charge in [0.15, 0.2) is 0 Å². The minimum Gasteiger partial charge on any atom is -0.311 e. The SMILES string of the molecule is Brc1ccc(N(c2ccccc2)c2ccccc2)cc1.c1ccc(N(c2ccccc2)c2ccc(-n3c4ccccc4c4cc5c(cc43)C3(c4ccccc4-c4ccccc43)c3ccccc3C53c4ccccc4-c4ccccc43)cc2)cc1.c1ccc2c(c1)Cc1cc3c(cc1-2)C1(c2ccccc2-c2ccccc21)c1ccccc1C31c2ccccc2-c2ccccc21. The van der Waals surface area contributed by atoms with Crippen molar-refractivity contribution in [2.45, 2.75) is 28.1 Å². The highest BCUT2D eigenvalue weighted by Crippen LogP contribution is 2.71. The lowest BCUT2D eigenvalue weighted by atomic mass is 9.52. The average Bonchev–Trinajstić information content (AvgIpc) is 1.50. The molecule has 21 aromatic rings. The zero-order valence-corrected chi connectivity index (χ0v) is 72.2. The van der Waals surface area contributed by atoms with Crippen LogP contribution >= 0.6 is 15.9 Å². The number of nitrogens with zero attached hydrogens (tertiary/aromatic N) is 3. The van der Waals surface area contributed by atoms with Crippen molar-refractivity contribution in [1.29, 1.82) is 0 Å². The summed E-state index contributed by atoms with van der Waals surface area (Å²) in [6, 6.07) is 180. The van der Waals surface area contributed by atoms with Gasteiger partial charge in [0, 0.05) is 55.1 Å². The highest BCUT2D eigenvalue weighted by Gasteiger charge is 2.62. The lowest BCUT2D eigenvalue weighted by Crippen LogP contribution is -2.44. The molecule has 0 amide bonds. The molecule has 0 saturated carbocycles. The fourth-order valence-electron chi connectivity index (χ4n) is 24.4. The number of para-hydroxylation sites is 5. The van der Waals surface area contributed by atoms with Gasteiger partial charge in [0.1, 0.15) is 0 Å². The molecule has 4 heteroatoms. The van der Waals surface area contributed by atoms with Crippen LogP contribution in [0.4, 0.5) is 34.1 Å². The van der Waals surface area contributed by atoms with Crippen LogP contribution in [0.3, 0.4) is 0 Å². The third kappa shape index (κ3) is 10.5. The standard InChI is InChI=1S/C62H40N2.C45H28.C18H14BrN/c1-3-19-41(20-4-1)63(42-21-5-2-6-22-42)43-35-37-44(38-36-43)64-59-34-18-11-27-49(59)50-39-57-58(40-60(50)64)62(53-30-14-9-25-47(53)48-26-10-15-31-54(48)62)56-33-17-16-32-55(56)61(57)51-28-12-7-23-45(51)46-24-8-13-29-52(46)61;1-2-14-30-28(13-1)25-29-26-42-43(27-35(29)30)45(38-21-9-5-17-33(38)34-18-6-10-22-39(34)45)41-24-12-11-23-40(41)44(42)36-19-7-3-15-31(36)32-16-4-8-20-37(32)44;19-15-11-13-18(14-12-15)20(16-7-3-1-4-8-16)17-9-5-2-6-10-17/h1-40H;1-24,26-27H,25H2;1-14H. The van der Waals surface area contributed by atoms with Crippen LogP contribution in [0, 0.1) is 0 Å². The van der Waals surface area contributed by atoms with Gasteiger partial charge in [-0.25, -0.2) is 0 Å². The van der Waals surface area contributed by atoms with Crippen molar-refractivity contribution in [1.82, 2.24) is 4.57 Å². The van der Waals surface area contributed by atoms with E-state index in [2.05, 4.69) is 503 Å². The van der Waals surface area contributed by atoms with Crippen LogP contribution in [0.15, 0.2) is 490 Å². The van der Waals surface area contributed by atoms with Crippen LogP contribution < -0.4 is 9.80 Å². The van der Waals surface area contributed by atoms with Gasteiger partial charge in [0.05, 0.1) is 32.7 Å². The monoisotopic (exact) mass is 1700 g/mol. The number of aromatic nitrogens is 1. The van der Waals surface area contributed by atoms with Gasteiger partial charge in [-0.2, -0.15) is 0 Å². The van der Waals surface area contributed by atoms with E-state index in [4.69, 9.17) is 0 Å². The first-order valence-corrected chi connectivity index (χ1v) is 45.7. The van der Waals surface area contributed by atoms with Crippen molar-refractivity contribution in [3.8, 4) is 61.3 Å². The number of benzene rings is 20. The smallest absolute Gasteiger partial charge is 0.0720 e. The summed E-state index contributed by atoms with van der Waals surface area (Å²) in [5, 5.41) is 2.50. The molecule has 0 atom stereocenters. The molecular weight excluding hydrogens is 1620 g/mol. The molecular formula is C125H82BrN3. The quantitative estimate of drug-likeness (QED) is 0.158. The molecule has 0 aliphatic heterocycles. The zero-order valence-electron chi connectivity index (χ0n) is 70.6. The molecule has 1 aromatic heterocycles. The number of anilines is 6. The van der Waals surface area contributed by atoms with Crippen molar-refractivity contribution in [2.75, 3.05) is 9.80 Å². The second-order valence-electron chi connectivity index (χ2n) is 35.1. The Bertz CT molecular complexity index is 7850. The summed E-state index contributed by atoms with van der Waals surface area (Å²) >= 11 is 3.49.